The molecule has 4 nitrogen and oxygen atoms in total. The van der Waals surface area contributed by atoms with Gasteiger partial charge in [-0.05, 0) is 36.6 Å². The maximum atomic E-state index is 12.6. The number of nitrogens with zero attached hydrogens (tertiary/aromatic N) is 1. The van der Waals surface area contributed by atoms with Crippen molar-refractivity contribution < 1.29 is 15.0 Å². The Balaban J connectivity index is 1.99. The van der Waals surface area contributed by atoms with Crippen LogP contribution in [-0.2, 0) is 6.42 Å². The van der Waals surface area contributed by atoms with Crippen molar-refractivity contribution in [2.24, 2.45) is 0 Å². The molecule has 0 saturated heterocycles. The zero-order valence-corrected chi connectivity index (χ0v) is 10.9. The Labute approximate surface area is 116 Å². The minimum Gasteiger partial charge on any atom is -0.508 e. The molecule has 0 atom stereocenters. The number of amides is 1. The number of carbonyl (C=O) groups excluding carboxylic acids is 1. The van der Waals surface area contributed by atoms with Gasteiger partial charge in [0.05, 0.1) is 0 Å². The topological polar surface area (TPSA) is 60.8 Å². The molecule has 0 spiro atoms. The van der Waals surface area contributed by atoms with E-state index in [9.17, 15) is 15.0 Å². The molecule has 2 aromatic carbocycles. The molecule has 20 heavy (non-hydrogen) atoms. The van der Waals surface area contributed by atoms with Crippen LogP contribution >= 0.6 is 0 Å². The highest BCUT2D eigenvalue weighted by Crippen LogP contribution is 2.29. The van der Waals surface area contributed by atoms with Gasteiger partial charge in [-0.2, -0.15) is 0 Å². The van der Waals surface area contributed by atoms with Crippen molar-refractivity contribution in [3.05, 3.63) is 53.6 Å². The van der Waals surface area contributed by atoms with E-state index in [0.29, 0.717) is 12.1 Å². The van der Waals surface area contributed by atoms with Gasteiger partial charge in [0.15, 0.2) is 0 Å². The molecule has 0 saturated carbocycles. The van der Waals surface area contributed by atoms with Gasteiger partial charge in [0.1, 0.15) is 11.5 Å². The molecular weight excluding hydrogens is 254 g/mol. The first-order valence-corrected chi connectivity index (χ1v) is 6.58. The molecular formula is C16H15NO3. The monoisotopic (exact) mass is 269 g/mol. The Kier molecular flexibility index (Phi) is 3.06. The zero-order chi connectivity index (χ0) is 14.1. The van der Waals surface area contributed by atoms with Crippen LogP contribution in [0.25, 0.3) is 0 Å². The average Bonchev–Trinajstić information content (AvgIpc) is 2.45. The van der Waals surface area contributed by atoms with E-state index in [4.69, 9.17) is 0 Å². The van der Waals surface area contributed by atoms with Gasteiger partial charge in [0, 0.05) is 23.9 Å². The van der Waals surface area contributed by atoms with E-state index in [-0.39, 0.29) is 17.4 Å². The lowest BCUT2D eigenvalue weighted by Crippen LogP contribution is -2.35. The fourth-order valence-electron chi connectivity index (χ4n) is 2.62. The third-order valence-corrected chi connectivity index (χ3v) is 3.50. The van der Waals surface area contributed by atoms with Crippen LogP contribution in [0, 0.1) is 0 Å². The molecule has 0 fully saturated rings. The van der Waals surface area contributed by atoms with Crippen LogP contribution in [0.3, 0.4) is 0 Å². The maximum absolute atomic E-state index is 12.6. The third kappa shape index (κ3) is 2.20. The van der Waals surface area contributed by atoms with E-state index in [0.717, 1.165) is 24.1 Å². The minimum atomic E-state index is -0.205. The lowest BCUT2D eigenvalue weighted by atomic mass is 10.0. The zero-order valence-electron chi connectivity index (χ0n) is 10.9. The lowest BCUT2D eigenvalue weighted by Gasteiger charge is -2.29. The fraction of sp³-hybridized carbons (Fsp3) is 0.188. The second-order valence-corrected chi connectivity index (χ2v) is 4.93. The quantitative estimate of drug-likeness (QED) is 0.836. The molecule has 2 aromatic rings. The summed E-state index contributed by atoms with van der Waals surface area (Å²) in [6.07, 6.45) is 1.87. The van der Waals surface area contributed by atoms with Crippen LogP contribution in [0.4, 0.5) is 5.69 Å². The first kappa shape index (κ1) is 12.5. The van der Waals surface area contributed by atoms with Crippen molar-refractivity contribution in [2.75, 3.05) is 11.4 Å². The molecule has 1 heterocycles. The molecule has 1 amide bonds. The number of benzene rings is 2. The second-order valence-electron chi connectivity index (χ2n) is 4.93. The standard InChI is InChI=1S/C16H15NO3/c18-13-8-12(9-14(19)10-13)16(20)17-7-3-5-11-4-1-2-6-15(11)17/h1-2,4,6,8-10,18-19H,3,5,7H2. The van der Waals surface area contributed by atoms with E-state index in [1.54, 1.807) is 4.90 Å². The number of rotatable bonds is 1. The van der Waals surface area contributed by atoms with Crippen molar-refractivity contribution in [2.45, 2.75) is 12.8 Å². The second kappa shape index (κ2) is 4.89. The van der Waals surface area contributed by atoms with Crippen molar-refractivity contribution in [3.8, 4) is 11.5 Å². The number of hydrogen-bond acceptors (Lipinski definition) is 3. The number of aromatic hydroxyl groups is 2. The summed E-state index contributed by atoms with van der Waals surface area (Å²) in [6, 6.07) is 11.8. The summed E-state index contributed by atoms with van der Waals surface area (Å²) < 4.78 is 0. The first-order chi connectivity index (χ1) is 9.65. The summed E-state index contributed by atoms with van der Waals surface area (Å²) in [5.74, 6) is -0.430. The third-order valence-electron chi connectivity index (χ3n) is 3.50. The Morgan fingerprint density at radius 3 is 2.50 bits per heavy atom. The average molecular weight is 269 g/mol. The van der Waals surface area contributed by atoms with Crippen LogP contribution in [0.1, 0.15) is 22.3 Å². The number of fused-ring (bicyclic) bond motifs is 1. The van der Waals surface area contributed by atoms with E-state index in [1.165, 1.54) is 18.2 Å². The molecule has 2 N–H and O–H groups in total. The molecule has 1 aliphatic rings. The van der Waals surface area contributed by atoms with Crippen molar-refractivity contribution in [1.29, 1.82) is 0 Å². The molecule has 0 unspecified atom stereocenters. The van der Waals surface area contributed by atoms with Gasteiger partial charge in [-0.15, -0.1) is 0 Å². The number of carbonyl (C=O) groups is 1. The summed E-state index contributed by atoms with van der Waals surface area (Å²) >= 11 is 0. The van der Waals surface area contributed by atoms with Gasteiger partial charge < -0.3 is 15.1 Å². The van der Waals surface area contributed by atoms with E-state index < -0.39 is 0 Å². The van der Waals surface area contributed by atoms with Crippen LogP contribution in [0.5, 0.6) is 11.5 Å². The van der Waals surface area contributed by atoms with Crippen molar-refractivity contribution in [1.82, 2.24) is 0 Å². The van der Waals surface area contributed by atoms with Gasteiger partial charge in [-0.1, -0.05) is 18.2 Å². The molecule has 0 aliphatic carbocycles. The summed E-state index contributed by atoms with van der Waals surface area (Å²) in [6.45, 7) is 0.645. The predicted molar refractivity (Wildman–Crippen MR) is 76.2 cm³/mol. The number of hydrogen-bond donors (Lipinski definition) is 2. The number of phenols is 2. The van der Waals surface area contributed by atoms with Crippen LogP contribution in [0.15, 0.2) is 42.5 Å². The molecule has 3 rings (SSSR count). The van der Waals surface area contributed by atoms with E-state index >= 15 is 0 Å². The fourth-order valence-corrected chi connectivity index (χ4v) is 2.62. The summed E-state index contributed by atoms with van der Waals surface area (Å²) in [7, 11) is 0. The summed E-state index contributed by atoms with van der Waals surface area (Å²) in [4.78, 5) is 14.3. The van der Waals surface area contributed by atoms with Crippen LogP contribution in [-0.4, -0.2) is 22.7 Å². The Morgan fingerprint density at radius 2 is 1.75 bits per heavy atom. The van der Waals surface area contributed by atoms with Gasteiger partial charge in [-0.25, -0.2) is 0 Å². The van der Waals surface area contributed by atoms with Gasteiger partial charge in [-0.3, -0.25) is 4.79 Å². The highest BCUT2D eigenvalue weighted by atomic mass is 16.3. The SMILES string of the molecule is O=C(c1cc(O)cc(O)c1)N1CCCc2ccccc21. The predicted octanol–water partition coefficient (Wildman–Crippen LogP) is 2.69. The van der Waals surface area contributed by atoms with Gasteiger partial charge in [0.2, 0.25) is 0 Å². The lowest BCUT2D eigenvalue weighted by molar-refractivity contribution is 0.0984. The van der Waals surface area contributed by atoms with Crippen LogP contribution in [0.2, 0.25) is 0 Å². The van der Waals surface area contributed by atoms with Gasteiger partial charge >= 0.3 is 0 Å². The highest BCUT2D eigenvalue weighted by molar-refractivity contribution is 6.07. The summed E-state index contributed by atoms with van der Waals surface area (Å²) in [5.41, 5.74) is 2.35. The van der Waals surface area contributed by atoms with E-state index in [1.807, 2.05) is 24.3 Å². The smallest absolute Gasteiger partial charge is 0.258 e. The van der Waals surface area contributed by atoms with Crippen molar-refractivity contribution in [3.63, 3.8) is 0 Å². The highest BCUT2D eigenvalue weighted by Gasteiger charge is 2.23. The number of para-hydroxylation sites is 1. The van der Waals surface area contributed by atoms with Gasteiger partial charge in [0.25, 0.3) is 5.91 Å². The number of phenolic OH excluding ortho intramolecular Hbond substituents is 2. The molecule has 4 heteroatoms. The Hall–Kier alpha value is -2.49. The molecule has 0 radical (unpaired) electrons. The maximum Gasteiger partial charge on any atom is 0.258 e. The minimum absolute atomic E-state index is 0.112. The van der Waals surface area contributed by atoms with Crippen molar-refractivity contribution >= 4 is 11.6 Å². The first-order valence-electron chi connectivity index (χ1n) is 6.58. The van der Waals surface area contributed by atoms with E-state index in [2.05, 4.69) is 0 Å². The Morgan fingerprint density at radius 1 is 1.05 bits per heavy atom. The molecule has 1 aliphatic heterocycles. The number of anilines is 1. The Bertz CT molecular complexity index is 646. The number of aryl methyl sites for hydroxylation is 1. The van der Waals surface area contributed by atoms with Crippen LogP contribution < -0.4 is 4.90 Å². The largest absolute Gasteiger partial charge is 0.508 e. The molecule has 0 aromatic heterocycles. The molecule has 0 bridgehead atoms. The normalized spacial score (nSPS) is 13.9. The molecule has 102 valence electrons. The summed E-state index contributed by atoms with van der Waals surface area (Å²) in [5, 5.41) is 19.0.